The summed E-state index contributed by atoms with van der Waals surface area (Å²) in [7, 11) is -0.148. The van der Waals surface area contributed by atoms with Crippen LogP contribution in [-0.4, -0.2) is 55.5 Å². The second-order valence-corrected chi connectivity index (χ2v) is 8.30. The quantitative estimate of drug-likeness (QED) is 0.787. The third-order valence-corrected chi connectivity index (χ3v) is 5.11. The number of hydrogen-bond donors (Lipinski definition) is 2. The molecule has 0 aliphatic carbocycles. The van der Waals surface area contributed by atoms with Crippen molar-refractivity contribution in [2.45, 2.75) is 11.8 Å². The summed E-state index contributed by atoms with van der Waals surface area (Å²) in [4.78, 5) is 33.2. The Bertz CT molecular complexity index is 1060. The van der Waals surface area contributed by atoms with Gasteiger partial charge < -0.3 is 15.2 Å². The number of nitrogens with zero attached hydrogens (tertiary/aromatic N) is 2. The number of aromatic amines is 1. The Hall–Kier alpha value is -2.94. The van der Waals surface area contributed by atoms with Crippen molar-refractivity contribution in [1.29, 1.82) is 0 Å². The number of hydrogen-bond acceptors (Lipinski definition) is 5. The van der Waals surface area contributed by atoms with Gasteiger partial charge in [-0.3, -0.25) is 9.59 Å². The highest BCUT2D eigenvalue weighted by molar-refractivity contribution is 7.90. The molecule has 1 aliphatic heterocycles. The topological polar surface area (TPSA) is 112 Å². The molecule has 0 saturated carbocycles. The molecule has 0 bridgehead atoms. The maximum absolute atomic E-state index is 12.3. The van der Waals surface area contributed by atoms with Gasteiger partial charge in [0, 0.05) is 37.3 Å². The first-order valence-electron chi connectivity index (χ1n) is 7.73. The van der Waals surface area contributed by atoms with Crippen molar-refractivity contribution < 1.29 is 18.0 Å². The van der Waals surface area contributed by atoms with Crippen LogP contribution in [0.25, 0.3) is 11.6 Å². The molecule has 2 amide bonds. The molecular weight excluding hydrogens is 356 g/mol. The fourth-order valence-electron chi connectivity index (χ4n) is 2.65. The number of aromatic nitrogens is 2. The van der Waals surface area contributed by atoms with Gasteiger partial charge in [-0.2, -0.15) is 0 Å². The van der Waals surface area contributed by atoms with Crippen LogP contribution in [0, 0.1) is 6.92 Å². The number of H-pyrrole nitrogens is 1. The Labute approximate surface area is 150 Å². The summed E-state index contributed by atoms with van der Waals surface area (Å²) in [6, 6.07) is 4.46. The second kappa shape index (κ2) is 6.10. The summed E-state index contributed by atoms with van der Waals surface area (Å²) < 4.78 is 23.6. The van der Waals surface area contributed by atoms with Gasteiger partial charge in [-0.1, -0.05) is 0 Å². The second-order valence-electron chi connectivity index (χ2n) is 6.29. The number of fused-ring (bicyclic) bond motifs is 1. The standard InChI is InChI=1S/C17H18N4O4S/c1-9-15(17(23)21(2)3)20-14(18-9)8-12-11-7-10(26(4,24)25)5-6-13(11)19-16(12)22/h5-8H,1-4H3,(H,18,20)(H,19,22)/b12-8-. The number of imidazole rings is 1. The maximum Gasteiger partial charge on any atom is 0.273 e. The zero-order valence-electron chi connectivity index (χ0n) is 14.7. The van der Waals surface area contributed by atoms with Crippen LogP contribution < -0.4 is 5.32 Å². The molecule has 136 valence electrons. The Morgan fingerprint density at radius 2 is 1.96 bits per heavy atom. The van der Waals surface area contributed by atoms with E-state index in [-0.39, 0.29) is 28.0 Å². The summed E-state index contributed by atoms with van der Waals surface area (Å²) in [5.74, 6) is -0.269. The first-order valence-corrected chi connectivity index (χ1v) is 9.63. The lowest BCUT2D eigenvalue weighted by atomic mass is 10.1. The molecule has 0 saturated heterocycles. The molecule has 0 unspecified atom stereocenters. The van der Waals surface area contributed by atoms with Crippen LogP contribution in [0.15, 0.2) is 23.1 Å². The molecule has 2 heterocycles. The van der Waals surface area contributed by atoms with E-state index in [0.29, 0.717) is 22.8 Å². The minimum Gasteiger partial charge on any atom is -0.343 e. The van der Waals surface area contributed by atoms with Crippen molar-refractivity contribution in [3.05, 3.63) is 41.0 Å². The molecule has 0 spiro atoms. The molecule has 0 radical (unpaired) electrons. The smallest absolute Gasteiger partial charge is 0.273 e. The summed E-state index contributed by atoms with van der Waals surface area (Å²) in [5, 5.41) is 2.69. The average Bonchev–Trinajstić information content (AvgIpc) is 3.05. The van der Waals surface area contributed by atoms with E-state index in [1.165, 1.54) is 23.1 Å². The zero-order chi connectivity index (χ0) is 19.2. The molecule has 0 atom stereocenters. The first-order chi connectivity index (χ1) is 12.1. The highest BCUT2D eigenvalue weighted by atomic mass is 32.2. The van der Waals surface area contributed by atoms with Crippen LogP contribution >= 0.6 is 0 Å². The molecule has 9 heteroatoms. The van der Waals surface area contributed by atoms with Gasteiger partial charge in [-0.25, -0.2) is 13.4 Å². The fourth-order valence-corrected chi connectivity index (χ4v) is 3.30. The number of aryl methyl sites for hydroxylation is 1. The Morgan fingerprint density at radius 1 is 1.27 bits per heavy atom. The van der Waals surface area contributed by atoms with Crippen molar-refractivity contribution in [3.63, 3.8) is 0 Å². The molecular formula is C17H18N4O4S. The monoisotopic (exact) mass is 374 g/mol. The largest absolute Gasteiger partial charge is 0.343 e. The first kappa shape index (κ1) is 17.9. The van der Waals surface area contributed by atoms with E-state index in [9.17, 15) is 18.0 Å². The average molecular weight is 374 g/mol. The van der Waals surface area contributed by atoms with E-state index in [1.807, 2.05) is 0 Å². The van der Waals surface area contributed by atoms with Gasteiger partial charge in [0.05, 0.1) is 10.5 Å². The molecule has 8 nitrogen and oxygen atoms in total. The van der Waals surface area contributed by atoms with E-state index in [2.05, 4.69) is 15.3 Å². The van der Waals surface area contributed by atoms with Crippen LogP contribution in [0.2, 0.25) is 0 Å². The van der Waals surface area contributed by atoms with Crippen LogP contribution in [0.5, 0.6) is 0 Å². The Kier molecular flexibility index (Phi) is 4.19. The number of amides is 2. The van der Waals surface area contributed by atoms with Crippen molar-refractivity contribution in [1.82, 2.24) is 14.9 Å². The predicted molar refractivity (Wildman–Crippen MR) is 97.4 cm³/mol. The van der Waals surface area contributed by atoms with Crippen molar-refractivity contribution in [2.24, 2.45) is 0 Å². The molecule has 0 fully saturated rings. The lowest BCUT2D eigenvalue weighted by molar-refractivity contribution is -0.110. The lowest BCUT2D eigenvalue weighted by Crippen LogP contribution is -2.22. The highest BCUT2D eigenvalue weighted by Gasteiger charge is 2.26. The Morgan fingerprint density at radius 3 is 2.58 bits per heavy atom. The van der Waals surface area contributed by atoms with Gasteiger partial charge in [0.15, 0.2) is 9.84 Å². The van der Waals surface area contributed by atoms with Gasteiger partial charge in [-0.05, 0) is 31.2 Å². The molecule has 1 aromatic heterocycles. The highest BCUT2D eigenvalue weighted by Crippen LogP contribution is 2.34. The van der Waals surface area contributed by atoms with Gasteiger partial charge >= 0.3 is 0 Å². The Balaban J connectivity index is 2.08. The third-order valence-electron chi connectivity index (χ3n) is 4.00. The van der Waals surface area contributed by atoms with Crippen molar-refractivity contribution >= 4 is 39.0 Å². The number of carbonyl (C=O) groups is 2. The molecule has 1 aliphatic rings. The van der Waals surface area contributed by atoms with E-state index in [0.717, 1.165) is 6.26 Å². The van der Waals surface area contributed by atoms with Crippen molar-refractivity contribution in [3.8, 4) is 0 Å². The number of anilines is 1. The molecule has 2 aromatic rings. The van der Waals surface area contributed by atoms with E-state index in [1.54, 1.807) is 27.1 Å². The van der Waals surface area contributed by atoms with Crippen LogP contribution in [0.1, 0.15) is 27.6 Å². The lowest BCUT2D eigenvalue weighted by Gasteiger charge is -2.07. The van der Waals surface area contributed by atoms with E-state index >= 15 is 0 Å². The van der Waals surface area contributed by atoms with Gasteiger partial charge in [0.1, 0.15) is 11.5 Å². The normalized spacial score (nSPS) is 15.1. The van der Waals surface area contributed by atoms with Crippen LogP contribution in [-0.2, 0) is 14.6 Å². The number of benzene rings is 1. The molecule has 2 N–H and O–H groups in total. The van der Waals surface area contributed by atoms with Crippen LogP contribution in [0.3, 0.4) is 0 Å². The summed E-state index contributed by atoms with van der Waals surface area (Å²) in [6.45, 7) is 1.72. The summed E-state index contributed by atoms with van der Waals surface area (Å²) in [5.41, 5.74) is 2.14. The molecule has 26 heavy (non-hydrogen) atoms. The zero-order valence-corrected chi connectivity index (χ0v) is 15.6. The fraction of sp³-hybridized carbons (Fsp3) is 0.235. The maximum atomic E-state index is 12.3. The minimum absolute atomic E-state index is 0.123. The number of carbonyl (C=O) groups excluding carboxylic acids is 2. The summed E-state index contributed by atoms with van der Waals surface area (Å²) in [6.07, 6.45) is 2.62. The molecule has 1 aromatic carbocycles. The third kappa shape index (κ3) is 3.13. The SMILES string of the molecule is Cc1[nH]c(/C=C2\C(=O)Nc3ccc(S(C)(=O)=O)cc32)nc1C(=O)N(C)C. The van der Waals surface area contributed by atoms with Gasteiger partial charge in [-0.15, -0.1) is 0 Å². The minimum atomic E-state index is -3.40. The number of rotatable bonds is 3. The van der Waals surface area contributed by atoms with Crippen molar-refractivity contribution in [2.75, 3.05) is 25.7 Å². The van der Waals surface area contributed by atoms with Crippen LogP contribution in [0.4, 0.5) is 5.69 Å². The van der Waals surface area contributed by atoms with E-state index < -0.39 is 9.84 Å². The molecule has 3 rings (SSSR count). The summed E-state index contributed by atoms with van der Waals surface area (Å²) >= 11 is 0. The van der Waals surface area contributed by atoms with E-state index in [4.69, 9.17) is 0 Å². The van der Waals surface area contributed by atoms with Gasteiger partial charge in [0.2, 0.25) is 0 Å². The van der Waals surface area contributed by atoms with Gasteiger partial charge in [0.25, 0.3) is 11.8 Å². The number of sulfone groups is 1. The number of nitrogens with one attached hydrogen (secondary N) is 2. The predicted octanol–water partition coefficient (Wildman–Crippen LogP) is 1.32.